The third-order valence-electron chi connectivity index (χ3n) is 3.19. The first-order valence-electron chi connectivity index (χ1n) is 7.79. The summed E-state index contributed by atoms with van der Waals surface area (Å²) in [7, 11) is 0. The molecular weight excluding hydrogens is 416 g/mol. The number of hydrogen-bond acceptors (Lipinski definition) is 6. The predicted octanol–water partition coefficient (Wildman–Crippen LogP) is 5.60. The Morgan fingerprint density at radius 2 is 1.07 bits per heavy atom. The van der Waals surface area contributed by atoms with E-state index in [9.17, 15) is 9.59 Å². The van der Waals surface area contributed by atoms with Gasteiger partial charge < -0.3 is 18.9 Å². The standard InChI is InChI=1S/C20H13BrO6/c21-17-13-16(26-19(22)24-14-7-3-1-4-8-14)11-12-18(17)27-20(23)25-15-9-5-2-6-10-15/h1-13H. The second-order valence-corrected chi connectivity index (χ2v) is 5.98. The monoisotopic (exact) mass is 428 g/mol. The highest BCUT2D eigenvalue weighted by Crippen LogP contribution is 2.30. The summed E-state index contributed by atoms with van der Waals surface area (Å²) < 4.78 is 20.7. The van der Waals surface area contributed by atoms with E-state index in [0.29, 0.717) is 16.0 Å². The highest BCUT2D eigenvalue weighted by Gasteiger charge is 2.13. The SMILES string of the molecule is O=C(Oc1ccccc1)Oc1ccc(OC(=O)Oc2ccccc2)c(Br)c1. The number of hydrogen-bond donors (Lipinski definition) is 0. The average molecular weight is 429 g/mol. The molecule has 0 amide bonds. The summed E-state index contributed by atoms with van der Waals surface area (Å²) in [5.74, 6) is 1.15. The normalized spacial score (nSPS) is 9.96. The Hall–Kier alpha value is -3.32. The molecule has 136 valence electrons. The molecule has 0 unspecified atom stereocenters. The van der Waals surface area contributed by atoms with Crippen molar-refractivity contribution in [2.45, 2.75) is 0 Å². The molecule has 0 aliphatic carbocycles. The topological polar surface area (TPSA) is 71.1 Å². The summed E-state index contributed by atoms with van der Waals surface area (Å²) in [5, 5.41) is 0. The molecule has 0 atom stereocenters. The molecule has 0 heterocycles. The van der Waals surface area contributed by atoms with Gasteiger partial charge in [-0.25, -0.2) is 9.59 Å². The first-order chi connectivity index (χ1) is 13.1. The van der Waals surface area contributed by atoms with Crippen LogP contribution in [-0.2, 0) is 0 Å². The zero-order valence-corrected chi connectivity index (χ0v) is 15.4. The van der Waals surface area contributed by atoms with Crippen molar-refractivity contribution in [3.8, 4) is 23.0 Å². The minimum atomic E-state index is -0.890. The predicted molar refractivity (Wildman–Crippen MR) is 100 cm³/mol. The van der Waals surface area contributed by atoms with E-state index in [-0.39, 0.29) is 11.5 Å². The molecule has 3 aromatic rings. The molecule has 0 aliphatic rings. The third kappa shape index (κ3) is 5.58. The van der Waals surface area contributed by atoms with Crippen LogP contribution >= 0.6 is 15.9 Å². The van der Waals surface area contributed by atoms with Crippen LogP contribution in [0, 0.1) is 0 Å². The van der Waals surface area contributed by atoms with Gasteiger partial charge in [-0.2, -0.15) is 0 Å². The Kier molecular flexibility index (Phi) is 6.06. The van der Waals surface area contributed by atoms with Crippen LogP contribution in [-0.4, -0.2) is 12.3 Å². The van der Waals surface area contributed by atoms with Crippen molar-refractivity contribution in [2.24, 2.45) is 0 Å². The molecule has 7 heteroatoms. The van der Waals surface area contributed by atoms with Crippen LogP contribution in [0.25, 0.3) is 0 Å². The molecule has 27 heavy (non-hydrogen) atoms. The number of ether oxygens (including phenoxy) is 4. The lowest BCUT2D eigenvalue weighted by atomic mass is 10.3. The highest BCUT2D eigenvalue weighted by atomic mass is 79.9. The molecule has 3 rings (SSSR count). The van der Waals surface area contributed by atoms with Crippen LogP contribution < -0.4 is 18.9 Å². The molecule has 0 spiro atoms. The van der Waals surface area contributed by atoms with Gasteiger partial charge in [0.2, 0.25) is 0 Å². The van der Waals surface area contributed by atoms with E-state index in [1.165, 1.54) is 18.2 Å². The number of carbonyl (C=O) groups excluding carboxylic acids is 2. The van der Waals surface area contributed by atoms with Crippen LogP contribution in [0.15, 0.2) is 83.3 Å². The maximum absolute atomic E-state index is 11.8. The number of para-hydroxylation sites is 2. The van der Waals surface area contributed by atoms with Gasteiger partial charge in [-0.05, 0) is 58.4 Å². The summed E-state index contributed by atoms with van der Waals surface area (Å²) in [6, 6.07) is 21.5. The Bertz CT molecular complexity index is 928. The molecule has 0 fully saturated rings. The summed E-state index contributed by atoms with van der Waals surface area (Å²) in [6.07, 6.45) is -1.77. The Morgan fingerprint density at radius 1 is 0.593 bits per heavy atom. The highest BCUT2D eigenvalue weighted by molar-refractivity contribution is 9.10. The number of benzene rings is 3. The molecular formula is C20H13BrO6. The minimum Gasteiger partial charge on any atom is -0.395 e. The summed E-state index contributed by atoms with van der Waals surface area (Å²) in [4.78, 5) is 23.6. The van der Waals surface area contributed by atoms with Crippen molar-refractivity contribution in [1.29, 1.82) is 0 Å². The first-order valence-corrected chi connectivity index (χ1v) is 8.58. The summed E-state index contributed by atoms with van der Waals surface area (Å²) in [6.45, 7) is 0. The lowest BCUT2D eigenvalue weighted by Crippen LogP contribution is -2.15. The molecule has 0 aliphatic heterocycles. The number of halogens is 1. The van der Waals surface area contributed by atoms with Crippen LogP contribution in [0.2, 0.25) is 0 Å². The van der Waals surface area contributed by atoms with Crippen molar-refractivity contribution in [2.75, 3.05) is 0 Å². The van der Waals surface area contributed by atoms with E-state index in [2.05, 4.69) is 15.9 Å². The van der Waals surface area contributed by atoms with E-state index in [1.54, 1.807) is 60.7 Å². The maximum Gasteiger partial charge on any atom is 0.519 e. The lowest BCUT2D eigenvalue weighted by molar-refractivity contribution is 0.149. The number of carbonyl (C=O) groups is 2. The Labute approximate surface area is 163 Å². The van der Waals surface area contributed by atoms with E-state index >= 15 is 0 Å². The average Bonchev–Trinajstić information content (AvgIpc) is 2.65. The second kappa shape index (κ2) is 8.86. The van der Waals surface area contributed by atoms with Gasteiger partial charge in [0.05, 0.1) is 4.47 Å². The van der Waals surface area contributed by atoms with Gasteiger partial charge in [0.25, 0.3) is 0 Å². The maximum atomic E-state index is 11.8. The van der Waals surface area contributed by atoms with E-state index in [1.807, 2.05) is 0 Å². The van der Waals surface area contributed by atoms with E-state index < -0.39 is 12.3 Å². The van der Waals surface area contributed by atoms with Crippen LogP contribution in [0.4, 0.5) is 9.59 Å². The van der Waals surface area contributed by atoms with Gasteiger partial charge in [-0.3, -0.25) is 0 Å². The molecule has 0 saturated carbocycles. The van der Waals surface area contributed by atoms with Crippen LogP contribution in [0.5, 0.6) is 23.0 Å². The first kappa shape index (κ1) is 18.5. The minimum absolute atomic E-state index is 0.208. The molecule has 0 aromatic heterocycles. The third-order valence-corrected chi connectivity index (χ3v) is 3.81. The fraction of sp³-hybridized carbons (Fsp3) is 0. The molecule has 0 saturated heterocycles. The van der Waals surface area contributed by atoms with Crippen molar-refractivity contribution in [3.63, 3.8) is 0 Å². The zero-order chi connectivity index (χ0) is 19.1. The lowest BCUT2D eigenvalue weighted by Gasteiger charge is -2.09. The van der Waals surface area contributed by atoms with Crippen molar-refractivity contribution in [3.05, 3.63) is 83.3 Å². The van der Waals surface area contributed by atoms with Crippen molar-refractivity contribution < 1.29 is 28.5 Å². The van der Waals surface area contributed by atoms with Gasteiger partial charge in [0.1, 0.15) is 23.0 Å². The van der Waals surface area contributed by atoms with Crippen molar-refractivity contribution >= 4 is 28.2 Å². The van der Waals surface area contributed by atoms with Gasteiger partial charge in [-0.15, -0.1) is 0 Å². The quantitative estimate of drug-likeness (QED) is 0.397. The molecule has 0 bridgehead atoms. The largest absolute Gasteiger partial charge is 0.519 e. The molecule has 3 aromatic carbocycles. The van der Waals surface area contributed by atoms with Gasteiger partial charge in [0, 0.05) is 0 Å². The zero-order valence-electron chi connectivity index (χ0n) is 13.8. The molecule has 0 N–H and O–H groups in total. The fourth-order valence-corrected chi connectivity index (χ4v) is 2.46. The van der Waals surface area contributed by atoms with Crippen LogP contribution in [0.3, 0.4) is 0 Å². The van der Waals surface area contributed by atoms with E-state index in [4.69, 9.17) is 18.9 Å². The molecule has 6 nitrogen and oxygen atoms in total. The van der Waals surface area contributed by atoms with Gasteiger partial charge >= 0.3 is 12.3 Å². The van der Waals surface area contributed by atoms with Crippen molar-refractivity contribution in [1.82, 2.24) is 0 Å². The van der Waals surface area contributed by atoms with Crippen LogP contribution in [0.1, 0.15) is 0 Å². The summed E-state index contributed by atoms with van der Waals surface area (Å²) in [5.41, 5.74) is 0. The number of rotatable bonds is 4. The van der Waals surface area contributed by atoms with E-state index in [0.717, 1.165) is 0 Å². The Balaban J connectivity index is 1.58. The second-order valence-electron chi connectivity index (χ2n) is 5.13. The Morgan fingerprint density at radius 3 is 1.59 bits per heavy atom. The smallest absolute Gasteiger partial charge is 0.395 e. The van der Waals surface area contributed by atoms with Gasteiger partial charge in [0.15, 0.2) is 0 Å². The summed E-state index contributed by atoms with van der Waals surface area (Å²) >= 11 is 3.25. The fourth-order valence-electron chi connectivity index (χ4n) is 2.03. The van der Waals surface area contributed by atoms with Gasteiger partial charge in [-0.1, -0.05) is 36.4 Å². The molecule has 0 radical (unpaired) electrons.